The van der Waals surface area contributed by atoms with Crippen LogP contribution < -0.4 is 5.32 Å². The summed E-state index contributed by atoms with van der Waals surface area (Å²) in [6.07, 6.45) is 2.67. The number of H-pyrrole nitrogens is 1. The van der Waals surface area contributed by atoms with Gasteiger partial charge in [0.25, 0.3) is 0 Å². The molecule has 0 radical (unpaired) electrons. The number of nitrogens with one attached hydrogen (secondary N) is 2. The minimum Gasteiger partial charge on any atom is -0.361 e. The molecule has 3 aromatic rings. The Kier molecular flexibility index (Phi) is 6.76. The van der Waals surface area contributed by atoms with Gasteiger partial charge in [0, 0.05) is 56.6 Å². The fraction of sp³-hybridized carbons (Fsp3) is 0.435. The molecule has 34 heavy (non-hydrogen) atoms. The molecule has 1 fully saturated rings. The molecule has 4 rings (SSSR count). The predicted octanol–water partition coefficient (Wildman–Crippen LogP) is 1.74. The fourth-order valence-corrected chi connectivity index (χ4v) is 6.27. The molecule has 1 aromatic carbocycles. The topological polar surface area (TPSA) is 129 Å². The van der Waals surface area contributed by atoms with E-state index in [0.29, 0.717) is 25.1 Å². The zero-order valence-electron chi connectivity index (χ0n) is 19.5. The number of amides is 2. The maximum atomic E-state index is 13.5. The highest BCUT2D eigenvalue weighted by Crippen LogP contribution is 2.25. The van der Waals surface area contributed by atoms with Gasteiger partial charge in [0.15, 0.2) is 5.76 Å². The molecule has 2 aromatic heterocycles. The molecule has 182 valence electrons. The van der Waals surface area contributed by atoms with Gasteiger partial charge in [-0.05, 0) is 31.9 Å². The summed E-state index contributed by atoms with van der Waals surface area (Å²) in [5.74, 6) is -0.271. The van der Waals surface area contributed by atoms with Gasteiger partial charge in [0.1, 0.15) is 16.6 Å². The van der Waals surface area contributed by atoms with Gasteiger partial charge in [-0.1, -0.05) is 23.4 Å². The van der Waals surface area contributed by atoms with Crippen molar-refractivity contribution in [1.82, 2.24) is 24.7 Å². The van der Waals surface area contributed by atoms with E-state index < -0.39 is 16.1 Å². The zero-order valence-corrected chi connectivity index (χ0v) is 20.3. The molecular formula is C23H29N5O5S. The normalized spacial score (nSPS) is 16.4. The van der Waals surface area contributed by atoms with E-state index in [-0.39, 0.29) is 42.1 Å². The van der Waals surface area contributed by atoms with E-state index in [4.69, 9.17) is 4.52 Å². The summed E-state index contributed by atoms with van der Waals surface area (Å²) in [5.41, 5.74) is 2.21. The molecule has 2 amide bonds. The Labute approximate surface area is 198 Å². The Morgan fingerprint density at radius 2 is 1.94 bits per heavy atom. The van der Waals surface area contributed by atoms with Crippen molar-refractivity contribution in [3.63, 3.8) is 0 Å². The first-order valence-corrected chi connectivity index (χ1v) is 12.7. The molecule has 0 saturated carbocycles. The van der Waals surface area contributed by atoms with Crippen LogP contribution in [0.4, 0.5) is 0 Å². The minimum absolute atomic E-state index is 0.0859. The average Bonchev–Trinajstić information content (AvgIpc) is 3.24. The Bertz CT molecular complexity index is 1290. The van der Waals surface area contributed by atoms with Gasteiger partial charge in [-0.25, -0.2) is 8.42 Å². The lowest BCUT2D eigenvalue weighted by atomic mass is 10.0. The molecule has 1 atom stereocenters. The minimum atomic E-state index is -3.79. The van der Waals surface area contributed by atoms with Crippen molar-refractivity contribution >= 4 is 32.7 Å². The molecule has 0 bridgehead atoms. The van der Waals surface area contributed by atoms with Crippen LogP contribution in [0.5, 0.6) is 0 Å². The van der Waals surface area contributed by atoms with Gasteiger partial charge in [0.05, 0.1) is 0 Å². The van der Waals surface area contributed by atoms with Crippen molar-refractivity contribution in [3.05, 3.63) is 47.5 Å². The van der Waals surface area contributed by atoms with Crippen LogP contribution in [0.15, 0.2) is 39.9 Å². The Morgan fingerprint density at radius 3 is 2.65 bits per heavy atom. The number of aromatic nitrogens is 2. The van der Waals surface area contributed by atoms with Crippen LogP contribution in [-0.4, -0.2) is 71.8 Å². The lowest BCUT2D eigenvalue weighted by Crippen LogP contribution is -2.50. The van der Waals surface area contributed by atoms with Crippen LogP contribution in [0.3, 0.4) is 0 Å². The van der Waals surface area contributed by atoms with Gasteiger partial charge in [-0.3, -0.25) is 9.59 Å². The smallest absolute Gasteiger partial charge is 0.248 e. The summed E-state index contributed by atoms with van der Waals surface area (Å²) in [4.78, 5) is 30.3. The second-order valence-electron chi connectivity index (χ2n) is 8.55. The average molecular weight is 488 g/mol. The molecule has 11 heteroatoms. The Balaban J connectivity index is 1.51. The highest BCUT2D eigenvalue weighted by atomic mass is 32.2. The highest BCUT2D eigenvalue weighted by Gasteiger charge is 2.34. The highest BCUT2D eigenvalue weighted by molar-refractivity contribution is 7.89. The first kappa shape index (κ1) is 24.0. The van der Waals surface area contributed by atoms with Gasteiger partial charge < -0.3 is 19.7 Å². The standard InChI is InChI=1S/C23H29N5O5S/c1-15-22(16(2)33-26-15)34(31,32)28-10-6-9-27(11-12-28)23(30)21(25-17(3)29)13-18-14-24-20-8-5-4-7-19(18)20/h4-5,7-8,14,21,24H,6,9-13H2,1-3H3,(H,25,29)/t21-/m0/s1. The summed E-state index contributed by atoms with van der Waals surface area (Å²) >= 11 is 0. The molecule has 1 saturated heterocycles. The van der Waals surface area contributed by atoms with Gasteiger partial charge >= 0.3 is 0 Å². The van der Waals surface area contributed by atoms with Crippen LogP contribution >= 0.6 is 0 Å². The third-order valence-electron chi connectivity index (χ3n) is 6.11. The molecule has 1 aliphatic rings. The van der Waals surface area contributed by atoms with Crippen molar-refractivity contribution in [2.45, 2.75) is 44.6 Å². The third kappa shape index (κ3) is 4.71. The predicted molar refractivity (Wildman–Crippen MR) is 126 cm³/mol. The first-order valence-electron chi connectivity index (χ1n) is 11.2. The largest absolute Gasteiger partial charge is 0.361 e. The second-order valence-corrected chi connectivity index (χ2v) is 10.4. The van der Waals surface area contributed by atoms with E-state index in [9.17, 15) is 18.0 Å². The number of nitrogens with zero attached hydrogens (tertiary/aromatic N) is 3. The maximum absolute atomic E-state index is 13.5. The van der Waals surface area contributed by atoms with E-state index in [1.807, 2.05) is 30.5 Å². The third-order valence-corrected chi connectivity index (χ3v) is 8.25. The number of hydrogen-bond donors (Lipinski definition) is 2. The SMILES string of the molecule is CC(=O)N[C@@H](Cc1c[nH]c2ccccc12)C(=O)N1CCCN(S(=O)(=O)c2c(C)noc2C)CC1. The first-order chi connectivity index (χ1) is 16.2. The summed E-state index contributed by atoms with van der Waals surface area (Å²) in [6, 6.07) is 7.04. The number of benzene rings is 1. The fourth-order valence-electron chi connectivity index (χ4n) is 4.51. The second kappa shape index (κ2) is 9.59. The Morgan fingerprint density at radius 1 is 1.18 bits per heavy atom. The maximum Gasteiger partial charge on any atom is 0.248 e. The molecule has 3 heterocycles. The number of carbonyl (C=O) groups is 2. The van der Waals surface area contributed by atoms with Crippen LogP contribution in [0.2, 0.25) is 0 Å². The number of carbonyl (C=O) groups excluding carboxylic acids is 2. The molecule has 1 aliphatic heterocycles. The zero-order chi connectivity index (χ0) is 24.5. The summed E-state index contributed by atoms with van der Waals surface area (Å²) < 4.78 is 32.8. The lowest BCUT2D eigenvalue weighted by Gasteiger charge is -2.26. The molecule has 0 aliphatic carbocycles. The number of hydrogen-bond acceptors (Lipinski definition) is 6. The van der Waals surface area contributed by atoms with E-state index in [0.717, 1.165) is 16.5 Å². The van der Waals surface area contributed by atoms with Crippen molar-refractivity contribution in [1.29, 1.82) is 0 Å². The number of rotatable bonds is 6. The van der Waals surface area contributed by atoms with E-state index >= 15 is 0 Å². The number of aryl methyl sites for hydroxylation is 2. The number of para-hydroxylation sites is 1. The number of sulfonamides is 1. The van der Waals surface area contributed by atoms with Crippen LogP contribution in [0.25, 0.3) is 10.9 Å². The number of fused-ring (bicyclic) bond motifs is 1. The van der Waals surface area contributed by atoms with Crippen molar-refractivity contribution in [2.24, 2.45) is 0 Å². The monoisotopic (exact) mass is 487 g/mol. The molecule has 2 N–H and O–H groups in total. The van der Waals surface area contributed by atoms with Gasteiger partial charge in [-0.15, -0.1) is 0 Å². The van der Waals surface area contributed by atoms with Crippen molar-refractivity contribution < 1.29 is 22.5 Å². The van der Waals surface area contributed by atoms with E-state index in [1.54, 1.807) is 18.7 Å². The summed E-state index contributed by atoms with van der Waals surface area (Å²) in [6.45, 7) is 5.61. The molecular weight excluding hydrogens is 458 g/mol. The lowest BCUT2D eigenvalue weighted by molar-refractivity contribution is -0.135. The Hall–Kier alpha value is -3.18. The van der Waals surface area contributed by atoms with E-state index in [1.165, 1.54) is 11.2 Å². The van der Waals surface area contributed by atoms with Crippen molar-refractivity contribution in [3.8, 4) is 0 Å². The van der Waals surface area contributed by atoms with Crippen LogP contribution in [0, 0.1) is 13.8 Å². The van der Waals surface area contributed by atoms with Gasteiger partial charge in [0.2, 0.25) is 21.8 Å². The summed E-state index contributed by atoms with van der Waals surface area (Å²) in [5, 5.41) is 7.54. The van der Waals surface area contributed by atoms with Crippen LogP contribution in [0.1, 0.15) is 30.4 Å². The molecule has 0 spiro atoms. The van der Waals surface area contributed by atoms with Crippen molar-refractivity contribution in [2.75, 3.05) is 26.2 Å². The summed E-state index contributed by atoms with van der Waals surface area (Å²) in [7, 11) is -3.79. The number of aromatic amines is 1. The van der Waals surface area contributed by atoms with Gasteiger partial charge in [-0.2, -0.15) is 4.31 Å². The van der Waals surface area contributed by atoms with E-state index in [2.05, 4.69) is 15.5 Å². The van der Waals surface area contributed by atoms with Crippen LogP contribution in [-0.2, 0) is 26.0 Å². The molecule has 0 unspecified atom stereocenters. The molecule has 10 nitrogen and oxygen atoms in total. The quantitative estimate of drug-likeness (QED) is 0.545.